The van der Waals surface area contributed by atoms with Crippen LogP contribution < -0.4 is 5.32 Å². The second kappa shape index (κ2) is 10.2. The van der Waals surface area contributed by atoms with Crippen molar-refractivity contribution < 1.29 is 27.1 Å². The van der Waals surface area contributed by atoms with Crippen LogP contribution in [0.5, 0.6) is 0 Å². The third kappa shape index (κ3) is 5.73. The highest BCUT2D eigenvalue weighted by atomic mass is 32.2. The first-order valence-corrected chi connectivity index (χ1v) is 13.6. The van der Waals surface area contributed by atoms with E-state index in [1.165, 1.54) is 12.1 Å². The summed E-state index contributed by atoms with van der Waals surface area (Å²) in [6.45, 7) is 2.12. The standard InChI is InChI=1S/C26H29FN2O5S/c1-3-34-26(31)16-29-23-11-7-18(27)14-21(23)22-15-19(8-12-24(22)29)28-25(30)13-6-17-4-9-20(10-5-17)35(2,32)33/h4-5,7,9-11,14,19H,3,6,8,12-13,15-16H2,1-2H3,(H,28,30)/t19-/m0/s1. The molecule has 2 aromatic carbocycles. The smallest absolute Gasteiger partial charge is 0.325 e. The van der Waals surface area contributed by atoms with Crippen molar-refractivity contribution >= 4 is 32.6 Å². The number of aromatic nitrogens is 1. The van der Waals surface area contributed by atoms with Gasteiger partial charge in [0.25, 0.3) is 0 Å². The van der Waals surface area contributed by atoms with E-state index in [-0.39, 0.29) is 41.6 Å². The van der Waals surface area contributed by atoms with Gasteiger partial charge in [-0.2, -0.15) is 0 Å². The van der Waals surface area contributed by atoms with Crippen LogP contribution >= 0.6 is 0 Å². The molecular formula is C26H29FN2O5S. The number of benzene rings is 2. The molecule has 0 radical (unpaired) electrons. The molecule has 35 heavy (non-hydrogen) atoms. The lowest BCUT2D eigenvalue weighted by Gasteiger charge is -2.25. The number of carbonyl (C=O) groups excluding carboxylic acids is 2. The van der Waals surface area contributed by atoms with Gasteiger partial charge in [-0.25, -0.2) is 12.8 Å². The van der Waals surface area contributed by atoms with Crippen molar-refractivity contribution in [1.82, 2.24) is 9.88 Å². The highest BCUT2D eigenvalue weighted by molar-refractivity contribution is 7.90. The van der Waals surface area contributed by atoms with Gasteiger partial charge in [0.2, 0.25) is 5.91 Å². The first-order valence-electron chi connectivity index (χ1n) is 11.7. The summed E-state index contributed by atoms with van der Waals surface area (Å²) in [6, 6.07) is 11.0. The fourth-order valence-electron chi connectivity index (χ4n) is 4.72. The number of amides is 1. The molecule has 0 saturated heterocycles. The number of hydrogen-bond acceptors (Lipinski definition) is 5. The summed E-state index contributed by atoms with van der Waals surface area (Å²) in [5, 5.41) is 3.84. The Balaban J connectivity index is 1.44. The van der Waals surface area contributed by atoms with Crippen molar-refractivity contribution in [3.8, 4) is 0 Å². The van der Waals surface area contributed by atoms with Gasteiger partial charge in [-0.1, -0.05) is 12.1 Å². The third-order valence-electron chi connectivity index (χ3n) is 6.38. The monoisotopic (exact) mass is 500 g/mol. The van der Waals surface area contributed by atoms with E-state index in [9.17, 15) is 22.4 Å². The number of fused-ring (bicyclic) bond motifs is 3. The van der Waals surface area contributed by atoms with Crippen molar-refractivity contribution in [3.63, 3.8) is 0 Å². The molecule has 1 aliphatic carbocycles. The molecule has 9 heteroatoms. The van der Waals surface area contributed by atoms with Crippen LogP contribution in [0.4, 0.5) is 4.39 Å². The van der Waals surface area contributed by atoms with Gasteiger partial charge >= 0.3 is 5.97 Å². The van der Waals surface area contributed by atoms with Gasteiger partial charge in [0.05, 0.1) is 11.5 Å². The number of nitrogens with one attached hydrogen (secondary N) is 1. The molecule has 1 heterocycles. The van der Waals surface area contributed by atoms with Gasteiger partial charge in [0, 0.05) is 35.3 Å². The number of carbonyl (C=O) groups is 2. The van der Waals surface area contributed by atoms with Crippen molar-refractivity contribution in [2.24, 2.45) is 0 Å². The van der Waals surface area contributed by atoms with E-state index in [1.54, 1.807) is 37.3 Å². The molecule has 1 amide bonds. The van der Waals surface area contributed by atoms with Crippen LogP contribution in [-0.4, -0.2) is 43.8 Å². The Morgan fingerprint density at radius 2 is 1.91 bits per heavy atom. The number of nitrogens with zero attached hydrogens (tertiary/aromatic N) is 1. The molecule has 0 unspecified atom stereocenters. The van der Waals surface area contributed by atoms with E-state index < -0.39 is 9.84 Å². The molecule has 0 fully saturated rings. The van der Waals surface area contributed by atoms with E-state index in [0.717, 1.165) is 34.0 Å². The fourth-order valence-corrected chi connectivity index (χ4v) is 5.35. The molecule has 4 rings (SSSR count). The Morgan fingerprint density at radius 3 is 2.60 bits per heavy atom. The second-order valence-corrected chi connectivity index (χ2v) is 10.9. The molecule has 0 spiro atoms. The van der Waals surface area contributed by atoms with Crippen LogP contribution in [0.1, 0.15) is 36.6 Å². The summed E-state index contributed by atoms with van der Waals surface area (Å²) in [5.74, 6) is -0.773. The van der Waals surface area contributed by atoms with E-state index in [4.69, 9.17) is 4.74 Å². The zero-order chi connectivity index (χ0) is 25.2. The molecule has 7 nitrogen and oxygen atoms in total. The van der Waals surface area contributed by atoms with Crippen LogP contribution in [0.25, 0.3) is 10.9 Å². The Hall–Kier alpha value is -3.20. The van der Waals surface area contributed by atoms with E-state index in [1.807, 2.05) is 4.57 Å². The lowest BCUT2D eigenvalue weighted by Crippen LogP contribution is -2.39. The fraction of sp³-hybridized carbons (Fsp3) is 0.385. The quantitative estimate of drug-likeness (QED) is 0.479. The average Bonchev–Trinajstić information content (AvgIpc) is 3.09. The molecule has 3 aromatic rings. The normalized spacial score (nSPS) is 15.6. The van der Waals surface area contributed by atoms with Crippen LogP contribution in [0.2, 0.25) is 0 Å². The van der Waals surface area contributed by atoms with Gasteiger partial charge < -0.3 is 14.6 Å². The van der Waals surface area contributed by atoms with Crippen molar-refractivity contribution in [1.29, 1.82) is 0 Å². The largest absolute Gasteiger partial charge is 0.465 e. The second-order valence-electron chi connectivity index (χ2n) is 8.90. The van der Waals surface area contributed by atoms with Gasteiger partial charge in [-0.3, -0.25) is 9.59 Å². The van der Waals surface area contributed by atoms with Gasteiger partial charge in [0.15, 0.2) is 9.84 Å². The van der Waals surface area contributed by atoms with E-state index in [2.05, 4.69) is 5.32 Å². The molecule has 0 bridgehead atoms. The van der Waals surface area contributed by atoms with Crippen molar-refractivity contribution in [2.45, 2.75) is 56.5 Å². The maximum absolute atomic E-state index is 14.1. The Bertz CT molecular complexity index is 1360. The van der Waals surface area contributed by atoms with E-state index in [0.29, 0.717) is 32.3 Å². The minimum absolute atomic E-state index is 0.0699. The summed E-state index contributed by atoms with van der Waals surface area (Å²) in [5.41, 5.74) is 3.61. The number of esters is 1. The van der Waals surface area contributed by atoms with Gasteiger partial charge in [-0.05, 0) is 74.1 Å². The SMILES string of the molecule is CCOC(=O)Cn1c2c(c3cc(F)ccc31)C[C@@H](NC(=O)CCc1ccc(S(C)(=O)=O)cc1)CC2. The van der Waals surface area contributed by atoms with Crippen molar-refractivity contribution in [2.75, 3.05) is 12.9 Å². The molecule has 1 atom stereocenters. The van der Waals surface area contributed by atoms with Crippen LogP contribution in [-0.2, 0) is 50.0 Å². The lowest BCUT2D eigenvalue weighted by atomic mass is 9.91. The Morgan fingerprint density at radius 1 is 1.17 bits per heavy atom. The van der Waals surface area contributed by atoms with Crippen LogP contribution in [0, 0.1) is 5.82 Å². The number of sulfone groups is 1. The van der Waals surface area contributed by atoms with Gasteiger partial charge in [0.1, 0.15) is 12.4 Å². The molecular weight excluding hydrogens is 471 g/mol. The summed E-state index contributed by atoms with van der Waals surface area (Å²) in [4.78, 5) is 25.1. The molecule has 1 N–H and O–H groups in total. The topological polar surface area (TPSA) is 94.5 Å². The molecule has 1 aromatic heterocycles. The summed E-state index contributed by atoms with van der Waals surface area (Å²) in [7, 11) is -3.25. The minimum atomic E-state index is -3.25. The number of hydrogen-bond donors (Lipinski definition) is 1. The number of halogens is 1. The number of aryl methyl sites for hydroxylation is 1. The average molecular weight is 501 g/mol. The zero-order valence-electron chi connectivity index (χ0n) is 19.8. The lowest BCUT2D eigenvalue weighted by molar-refractivity contribution is -0.143. The summed E-state index contributed by atoms with van der Waals surface area (Å²) >= 11 is 0. The van der Waals surface area contributed by atoms with Crippen LogP contribution in [0.3, 0.4) is 0 Å². The molecule has 0 saturated carbocycles. The maximum atomic E-state index is 14.1. The van der Waals surface area contributed by atoms with E-state index >= 15 is 0 Å². The Labute approximate surface area is 204 Å². The third-order valence-corrected chi connectivity index (χ3v) is 7.51. The zero-order valence-corrected chi connectivity index (χ0v) is 20.7. The highest BCUT2D eigenvalue weighted by Crippen LogP contribution is 2.33. The van der Waals surface area contributed by atoms with Gasteiger partial charge in [-0.15, -0.1) is 0 Å². The number of rotatable bonds is 8. The summed E-state index contributed by atoms with van der Waals surface area (Å²) < 4.78 is 44.3. The predicted octanol–water partition coefficient (Wildman–Crippen LogP) is 3.35. The number of ether oxygens (including phenoxy) is 1. The summed E-state index contributed by atoms with van der Waals surface area (Å²) in [6.07, 6.45) is 3.86. The molecule has 0 aliphatic heterocycles. The van der Waals surface area contributed by atoms with Crippen molar-refractivity contribution in [3.05, 3.63) is 65.1 Å². The Kier molecular flexibility index (Phi) is 7.25. The highest BCUT2D eigenvalue weighted by Gasteiger charge is 2.27. The first-order chi connectivity index (χ1) is 16.7. The van der Waals surface area contributed by atoms with Crippen LogP contribution in [0.15, 0.2) is 47.4 Å². The minimum Gasteiger partial charge on any atom is -0.465 e. The molecule has 186 valence electrons. The first kappa shape index (κ1) is 24.9. The predicted molar refractivity (Wildman–Crippen MR) is 130 cm³/mol. The molecule has 1 aliphatic rings. The maximum Gasteiger partial charge on any atom is 0.325 e.